The molecule has 0 radical (unpaired) electrons. The fourth-order valence-electron chi connectivity index (χ4n) is 1.21. The summed E-state index contributed by atoms with van der Waals surface area (Å²) in [6.45, 7) is 7.69. The molecule has 1 aromatic rings. The van der Waals surface area contributed by atoms with E-state index in [0.717, 1.165) is 22.3 Å². The van der Waals surface area contributed by atoms with E-state index < -0.39 is 0 Å². The lowest BCUT2D eigenvalue weighted by molar-refractivity contribution is 0.616. The van der Waals surface area contributed by atoms with Gasteiger partial charge in [0, 0.05) is 0 Å². The first kappa shape index (κ1) is 9.97. The maximum absolute atomic E-state index is 13.3. The maximum Gasteiger partial charge on any atom is 0.126 e. The Balaban J connectivity index is 3.29. The van der Waals surface area contributed by atoms with Gasteiger partial charge in [-0.2, -0.15) is 0 Å². The number of rotatable bonds is 1. The van der Waals surface area contributed by atoms with Crippen molar-refractivity contribution in [3.63, 3.8) is 0 Å². The molecule has 0 aliphatic carbocycles. The van der Waals surface area contributed by atoms with Gasteiger partial charge in [0.1, 0.15) is 5.82 Å². The van der Waals surface area contributed by atoms with Crippen LogP contribution in [-0.4, -0.2) is 0 Å². The third-order valence-corrected chi connectivity index (χ3v) is 2.49. The summed E-state index contributed by atoms with van der Waals surface area (Å²) in [6, 6.07) is 3.62. The number of halogens is 1. The summed E-state index contributed by atoms with van der Waals surface area (Å²) in [5.41, 5.74) is 3.84. The van der Waals surface area contributed by atoms with Gasteiger partial charge in [0.25, 0.3) is 0 Å². The summed E-state index contributed by atoms with van der Waals surface area (Å²) >= 11 is 0. The van der Waals surface area contributed by atoms with Gasteiger partial charge in [-0.15, -0.1) is 0 Å². The van der Waals surface area contributed by atoms with Gasteiger partial charge in [0.2, 0.25) is 0 Å². The summed E-state index contributed by atoms with van der Waals surface area (Å²) in [6.07, 6.45) is 1.99. The average Bonchev–Trinajstić information content (AvgIpc) is 2.12. The lowest BCUT2D eigenvalue weighted by atomic mass is 10.0. The normalized spacial score (nSPS) is 11.9. The van der Waals surface area contributed by atoms with Crippen molar-refractivity contribution in [3.8, 4) is 0 Å². The van der Waals surface area contributed by atoms with Gasteiger partial charge >= 0.3 is 0 Å². The van der Waals surface area contributed by atoms with Crippen LogP contribution >= 0.6 is 0 Å². The molecule has 1 heteroatoms. The molecule has 0 N–H and O–H groups in total. The zero-order chi connectivity index (χ0) is 10.0. The molecule has 0 bridgehead atoms. The molecule has 0 amide bonds. The molecule has 0 saturated carbocycles. The highest BCUT2D eigenvalue weighted by Crippen LogP contribution is 2.20. The summed E-state index contributed by atoms with van der Waals surface area (Å²) in [7, 11) is 0. The van der Waals surface area contributed by atoms with Crippen LogP contribution in [0.4, 0.5) is 4.39 Å². The van der Waals surface area contributed by atoms with Gasteiger partial charge in [-0.1, -0.05) is 12.1 Å². The fourth-order valence-corrected chi connectivity index (χ4v) is 1.21. The van der Waals surface area contributed by atoms with Crippen molar-refractivity contribution in [3.05, 3.63) is 40.7 Å². The highest BCUT2D eigenvalue weighted by molar-refractivity contribution is 5.64. The molecule has 0 aliphatic rings. The van der Waals surface area contributed by atoms with E-state index in [2.05, 4.69) is 0 Å². The molecule has 0 saturated heterocycles. The predicted molar refractivity (Wildman–Crippen MR) is 55.2 cm³/mol. The Morgan fingerprint density at radius 1 is 1.31 bits per heavy atom. The van der Waals surface area contributed by atoms with Crippen LogP contribution in [0, 0.1) is 19.7 Å². The van der Waals surface area contributed by atoms with E-state index in [1.165, 1.54) is 0 Å². The van der Waals surface area contributed by atoms with Crippen LogP contribution in [0.25, 0.3) is 5.57 Å². The Labute approximate surface area is 79.1 Å². The molecule has 13 heavy (non-hydrogen) atoms. The third kappa shape index (κ3) is 1.97. The molecule has 0 unspecified atom stereocenters. The first-order valence-electron chi connectivity index (χ1n) is 4.46. The Morgan fingerprint density at radius 2 is 1.92 bits per heavy atom. The van der Waals surface area contributed by atoms with Crippen LogP contribution < -0.4 is 0 Å². The van der Waals surface area contributed by atoms with E-state index in [1.54, 1.807) is 13.0 Å². The maximum atomic E-state index is 13.3. The number of hydrogen-bond acceptors (Lipinski definition) is 0. The zero-order valence-corrected chi connectivity index (χ0v) is 8.61. The minimum absolute atomic E-state index is 0.115. The Morgan fingerprint density at radius 3 is 2.38 bits per heavy atom. The Kier molecular flexibility index (Phi) is 2.86. The molecule has 0 fully saturated rings. The van der Waals surface area contributed by atoms with E-state index in [4.69, 9.17) is 0 Å². The number of aryl methyl sites for hydroxylation is 1. The van der Waals surface area contributed by atoms with Crippen molar-refractivity contribution >= 4 is 5.57 Å². The van der Waals surface area contributed by atoms with Gasteiger partial charge < -0.3 is 0 Å². The second kappa shape index (κ2) is 3.73. The molecular weight excluding hydrogens is 163 g/mol. The van der Waals surface area contributed by atoms with Gasteiger partial charge in [-0.3, -0.25) is 0 Å². The molecule has 70 valence electrons. The van der Waals surface area contributed by atoms with Gasteiger partial charge in [0.05, 0.1) is 0 Å². The van der Waals surface area contributed by atoms with Crippen molar-refractivity contribution in [2.24, 2.45) is 0 Å². The quantitative estimate of drug-likeness (QED) is 0.612. The van der Waals surface area contributed by atoms with Gasteiger partial charge in [0.15, 0.2) is 0 Å². The van der Waals surface area contributed by atoms with Crippen molar-refractivity contribution in [2.45, 2.75) is 27.7 Å². The van der Waals surface area contributed by atoms with E-state index in [-0.39, 0.29) is 5.82 Å². The van der Waals surface area contributed by atoms with Crippen molar-refractivity contribution in [2.75, 3.05) is 0 Å². The van der Waals surface area contributed by atoms with Gasteiger partial charge in [-0.25, -0.2) is 4.39 Å². The monoisotopic (exact) mass is 178 g/mol. The van der Waals surface area contributed by atoms with E-state index in [1.807, 2.05) is 32.9 Å². The molecule has 1 aromatic carbocycles. The third-order valence-electron chi connectivity index (χ3n) is 2.49. The van der Waals surface area contributed by atoms with E-state index >= 15 is 0 Å². The van der Waals surface area contributed by atoms with Gasteiger partial charge in [-0.05, 0) is 56.0 Å². The van der Waals surface area contributed by atoms with Crippen LogP contribution in [0.15, 0.2) is 18.2 Å². The molecule has 0 heterocycles. The first-order valence-corrected chi connectivity index (χ1v) is 4.46. The fraction of sp³-hybridized carbons (Fsp3) is 0.333. The average molecular weight is 178 g/mol. The van der Waals surface area contributed by atoms with E-state index in [0.29, 0.717) is 0 Å². The Hall–Kier alpha value is -1.11. The SMILES string of the molecule is C/C=C(\C)c1cc(C)c(C)c(F)c1. The summed E-state index contributed by atoms with van der Waals surface area (Å²) in [5.74, 6) is -0.115. The minimum Gasteiger partial charge on any atom is -0.207 e. The molecule has 0 spiro atoms. The highest BCUT2D eigenvalue weighted by atomic mass is 19.1. The summed E-state index contributed by atoms with van der Waals surface area (Å²) < 4.78 is 13.3. The molecular formula is C12H15F. The lowest BCUT2D eigenvalue weighted by Gasteiger charge is -2.06. The van der Waals surface area contributed by atoms with Crippen LogP contribution in [0.1, 0.15) is 30.5 Å². The second-order valence-electron chi connectivity index (χ2n) is 3.37. The smallest absolute Gasteiger partial charge is 0.126 e. The number of benzene rings is 1. The van der Waals surface area contributed by atoms with Crippen LogP contribution in [0.5, 0.6) is 0 Å². The van der Waals surface area contributed by atoms with E-state index in [9.17, 15) is 4.39 Å². The topological polar surface area (TPSA) is 0 Å². The van der Waals surface area contributed by atoms with Crippen LogP contribution in [0.3, 0.4) is 0 Å². The van der Waals surface area contributed by atoms with Crippen molar-refractivity contribution in [1.29, 1.82) is 0 Å². The van der Waals surface area contributed by atoms with Crippen LogP contribution in [-0.2, 0) is 0 Å². The molecule has 0 aliphatic heterocycles. The minimum atomic E-state index is -0.115. The number of allylic oxidation sites excluding steroid dienone is 2. The standard InChI is InChI=1S/C12H15F/c1-5-8(2)11-6-9(3)10(4)12(13)7-11/h5-7H,1-4H3/b8-5+. The predicted octanol–water partition coefficient (Wildman–Crippen LogP) is 3.87. The van der Waals surface area contributed by atoms with Crippen LogP contribution in [0.2, 0.25) is 0 Å². The molecule has 1 rings (SSSR count). The Bertz CT molecular complexity index is 325. The van der Waals surface area contributed by atoms with Crippen molar-refractivity contribution < 1.29 is 4.39 Å². The highest BCUT2D eigenvalue weighted by Gasteiger charge is 2.04. The zero-order valence-electron chi connectivity index (χ0n) is 8.61. The number of hydrogen-bond donors (Lipinski definition) is 0. The summed E-state index contributed by atoms with van der Waals surface area (Å²) in [5, 5.41) is 0. The molecule has 0 atom stereocenters. The largest absolute Gasteiger partial charge is 0.207 e. The molecule has 0 aromatic heterocycles. The first-order chi connectivity index (χ1) is 6.06. The van der Waals surface area contributed by atoms with Crippen molar-refractivity contribution in [1.82, 2.24) is 0 Å². The lowest BCUT2D eigenvalue weighted by Crippen LogP contribution is -1.90. The second-order valence-corrected chi connectivity index (χ2v) is 3.37. The molecule has 0 nitrogen and oxygen atoms in total. The summed E-state index contributed by atoms with van der Waals surface area (Å²) in [4.78, 5) is 0.